The Morgan fingerprint density at radius 2 is 1.84 bits per heavy atom. The van der Waals surface area contributed by atoms with E-state index >= 15 is 0 Å². The fourth-order valence-electron chi connectivity index (χ4n) is 2.87. The van der Waals surface area contributed by atoms with Crippen molar-refractivity contribution in [2.75, 3.05) is 13.7 Å². The SMILES string of the molecule is COC(=O)/C(=C/c1coc2ccccc2c1=O)C(=O)CC[C@@H](C)CO[Si](C)(C)C(C)(C)C. The zero-order chi connectivity index (χ0) is 24.1. The van der Waals surface area contributed by atoms with Gasteiger partial charge < -0.3 is 13.6 Å². The number of ketones is 1. The highest BCUT2D eigenvalue weighted by molar-refractivity contribution is 6.74. The van der Waals surface area contributed by atoms with Crippen LogP contribution in [0.25, 0.3) is 17.0 Å². The lowest BCUT2D eigenvalue weighted by Crippen LogP contribution is -2.41. The van der Waals surface area contributed by atoms with E-state index < -0.39 is 14.3 Å². The zero-order valence-electron chi connectivity index (χ0n) is 20.1. The van der Waals surface area contributed by atoms with Gasteiger partial charge in [0, 0.05) is 13.0 Å². The van der Waals surface area contributed by atoms with Crippen LogP contribution in [0.1, 0.15) is 46.1 Å². The molecule has 1 aromatic heterocycles. The first-order valence-corrected chi connectivity index (χ1v) is 13.8. The summed E-state index contributed by atoms with van der Waals surface area (Å²) in [6.07, 6.45) is 3.25. The molecule has 0 saturated carbocycles. The molecule has 0 unspecified atom stereocenters. The van der Waals surface area contributed by atoms with Gasteiger partial charge in [-0.15, -0.1) is 0 Å². The van der Waals surface area contributed by atoms with E-state index in [0.717, 1.165) is 0 Å². The summed E-state index contributed by atoms with van der Waals surface area (Å²) in [6, 6.07) is 6.82. The van der Waals surface area contributed by atoms with Crippen LogP contribution in [-0.2, 0) is 18.8 Å². The third kappa shape index (κ3) is 6.26. The number of benzene rings is 1. The zero-order valence-corrected chi connectivity index (χ0v) is 21.1. The maximum Gasteiger partial charge on any atom is 0.341 e. The topological polar surface area (TPSA) is 82.8 Å². The molecule has 2 rings (SSSR count). The van der Waals surface area contributed by atoms with Gasteiger partial charge in [0.2, 0.25) is 0 Å². The molecule has 0 N–H and O–H groups in total. The van der Waals surface area contributed by atoms with Gasteiger partial charge in [0.1, 0.15) is 17.4 Å². The molecule has 0 bridgehead atoms. The van der Waals surface area contributed by atoms with Crippen molar-refractivity contribution in [1.82, 2.24) is 0 Å². The van der Waals surface area contributed by atoms with Crippen LogP contribution in [-0.4, -0.2) is 33.8 Å². The minimum atomic E-state index is -1.86. The molecule has 174 valence electrons. The van der Waals surface area contributed by atoms with Gasteiger partial charge in [-0.2, -0.15) is 0 Å². The molecule has 0 radical (unpaired) electrons. The van der Waals surface area contributed by atoms with Crippen LogP contribution in [0.2, 0.25) is 18.1 Å². The molecule has 7 heteroatoms. The monoisotopic (exact) mass is 458 g/mol. The van der Waals surface area contributed by atoms with Gasteiger partial charge >= 0.3 is 5.97 Å². The highest BCUT2D eigenvalue weighted by atomic mass is 28.4. The fraction of sp³-hybridized carbons (Fsp3) is 0.480. The van der Waals surface area contributed by atoms with Gasteiger partial charge in [-0.1, -0.05) is 39.8 Å². The highest BCUT2D eigenvalue weighted by Gasteiger charge is 2.37. The molecule has 1 heterocycles. The smallest absolute Gasteiger partial charge is 0.341 e. The Morgan fingerprint density at radius 3 is 2.47 bits per heavy atom. The second-order valence-electron chi connectivity index (χ2n) is 9.70. The summed E-state index contributed by atoms with van der Waals surface area (Å²) in [6.45, 7) is 13.5. The number of methoxy groups -OCH3 is 1. The first kappa shape index (κ1) is 25.7. The minimum Gasteiger partial charge on any atom is -0.465 e. The van der Waals surface area contributed by atoms with E-state index in [2.05, 4.69) is 33.9 Å². The summed E-state index contributed by atoms with van der Waals surface area (Å²) < 4.78 is 16.5. The van der Waals surface area contributed by atoms with E-state index in [9.17, 15) is 14.4 Å². The lowest BCUT2D eigenvalue weighted by Gasteiger charge is -2.37. The Bertz CT molecular complexity index is 1060. The van der Waals surface area contributed by atoms with Crippen molar-refractivity contribution in [1.29, 1.82) is 0 Å². The number of hydrogen-bond donors (Lipinski definition) is 0. The number of fused-ring (bicyclic) bond motifs is 1. The molecule has 1 aromatic carbocycles. The van der Waals surface area contributed by atoms with Crippen molar-refractivity contribution in [3.63, 3.8) is 0 Å². The average Bonchev–Trinajstić information content (AvgIpc) is 2.74. The van der Waals surface area contributed by atoms with E-state index in [1.807, 2.05) is 6.92 Å². The third-order valence-corrected chi connectivity index (χ3v) is 10.6. The Balaban J connectivity index is 2.15. The summed E-state index contributed by atoms with van der Waals surface area (Å²) in [5, 5.41) is 0.499. The van der Waals surface area contributed by atoms with Crippen LogP contribution in [0.5, 0.6) is 0 Å². The van der Waals surface area contributed by atoms with Crippen molar-refractivity contribution >= 4 is 37.1 Å². The second-order valence-corrected chi connectivity index (χ2v) is 14.5. The van der Waals surface area contributed by atoms with Crippen molar-refractivity contribution in [2.45, 2.75) is 58.7 Å². The molecule has 0 spiro atoms. The summed E-state index contributed by atoms with van der Waals surface area (Å²) in [4.78, 5) is 37.9. The van der Waals surface area contributed by atoms with E-state index in [1.54, 1.807) is 24.3 Å². The molecule has 0 aliphatic heterocycles. The number of rotatable bonds is 9. The summed E-state index contributed by atoms with van der Waals surface area (Å²) in [7, 11) is -0.654. The maximum atomic E-state index is 12.9. The predicted octanol–water partition coefficient (Wildman–Crippen LogP) is 5.36. The Morgan fingerprint density at radius 1 is 1.19 bits per heavy atom. The summed E-state index contributed by atoms with van der Waals surface area (Å²) in [5.41, 5.74) is 0.104. The lowest BCUT2D eigenvalue weighted by atomic mass is 9.99. The molecule has 0 fully saturated rings. The summed E-state index contributed by atoms with van der Waals surface area (Å²) in [5.74, 6) is -0.992. The standard InChI is InChI=1S/C25H34O6Si/c1-17(15-31-32(6,7)25(2,3)4)12-13-21(26)20(24(28)29-5)14-18-16-30-22-11-9-8-10-19(22)23(18)27/h8-11,14,16-17H,12-13,15H2,1-7H3/b20-14+/t17-/m1/s1. The number of Topliss-reactive ketones (excluding diaryl/α,β-unsaturated/α-hetero) is 1. The fourth-order valence-corrected chi connectivity index (χ4v) is 4.01. The molecule has 0 amide bonds. The minimum absolute atomic E-state index is 0.115. The molecule has 1 atom stereocenters. The highest BCUT2D eigenvalue weighted by Crippen LogP contribution is 2.36. The van der Waals surface area contributed by atoms with Crippen molar-refractivity contribution in [2.24, 2.45) is 5.92 Å². The first-order chi connectivity index (χ1) is 14.9. The molecular weight excluding hydrogens is 424 g/mol. The molecule has 0 aliphatic carbocycles. The number of para-hydroxylation sites is 1. The maximum absolute atomic E-state index is 12.9. The number of ether oxygens (including phenoxy) is 1. The van der Waals surface area contributed by atoms with E-state index in [4.69, 9.17) is 13.6 Å². The van der Waals surface area contributed by atoms with Crippen LogP contribution in [0.15, 0.2) is 45.3 Å². The van der Waals surface area contributed by atoms with Gasteiger partial charge in [-0.3, -0.25) is 9.59 Å². The van der Waals surface area contributed by atoms with Gasteiger partial charge in [0.05, 0.1) is 18.1 Å². The quantitative estimate of drug-likeness (QED) is 0.165. The molecule has 6 nitrogen and oxygen atoms in total. The Kier molecular flexibility index (Phi) is 8.37. The lowest BCUT2D eigenvalue weighted by molar-refractivity contribution is -0.137. The number of hydrogen-bond acceptors (Lipinski definition) is 6. The molecule has 32 heavy (non-hydrogen) atoms. The molecule has 0 aliphatic rings. The molecular formula is C25H34O6Si. The van der Waals surface area contributed by atoms with Crippen LogP contribution < -0.4 is 5.43 Å². The normalized spacial score (nSPS) is 13.8. The van der Waals surface area contributed by atoms with Gasteiger partial charge in [-0.05, 0) is 48.7 Å². The Hall–Kier alpha value is -2.51. The predicted molar refractivity (Wildman–Crippen MR) is 129 cm³/mol. The van der Waals surface area contributed by atoms with Crippen LogP contribution in [0, 0.1) is 5.92 Å². The van der Waals surface area contributed by atoms with Crippen LogP contribution in [0.4, 0.5) is 0 Å². The van der Waals surface area contributed by atoms with E-state index in [0.29, 0.717) is 24.0 Å². The van der Waals surface area contributed by atoms with E-state index in [-0.39, 0.29) is 39.7 Å². The van der Waals surface area contributed by atoms with E-state index in [1.165, 1.54) is 19.4 Å². The molecule has 2 aromatic rings. The van der Waals surface area contributed by atoms with Crippen molar-refractivity contribution in [3.8, 4) is 0 Å². The van der Waals surface area contributed by atoms with Gasteiger partial charge in [0.25, 0.3) is 0 Å². The number of carbonyl (C=O) groups is 2. The number of carbonyl (C=O) groups excluding carboxylic acids is 2. The largest absolute Gasteiger partial charge is 0.465 e. The first-order valence-electron chi connectivity index (χ1n) is 10.8. The second kappa shape index (κ2) is 10.4. The Labute approximate surface area is 190 Å². The van der Waals surface area contributed by atoms with Crippen molar-refractivity contribution < 1.29 is 23.2 Å². The van der Waals surface area contributed by atoms with Crippen LogP contribution >= 0.6 is 0 Å². The number of esters is 1. The third-order valence-electron chi connectivity index (χ3n) is 6.11. The van der Waals surface area contributed by atoms with Gasteiger partial charge in [-0.25, -0.2) is 4.79 Å². The summed E-state index contributed by atoms with van der Waals surface area (Å²) >= 11 is 0. The van der Waals surface area contributed by atoms with Gasteiger partial charge in [0.15, 0.2) is 19.5 Å². The average molecular weight is 459 g/mol. The van der Waals surface area contributed by atoms with Crippen molar-refractivity contribution in [3.05, 3.63) is 51.9 Å². The van der Waals surface area contributed by atoms with Crippen LogP contribution in [0.3, 0.4) is 0 Å². The molecule has 0 saturated heterocycles.